The SMILES string of the molecule is CCCCN1CCCCC1CN=C(N)NCCc1cccs1.I. The molecule has 23 heavy (non-hydrogen) atoms. The van der Waals surface area contributed by atoms with Gasteiger partial charge in [0.15, 0.2) is 5.96 Å². The van der Waals surface area contributed by atoms with Crippen LogP contribution in [0.15, 0.2) is 22.5 Å². The zero-order valence-electron chi connectivity index (χ0n) is 14.2. The average Bonchev–Trinajstić information content (AvgIpc) is 3.05. The van der Waals surface area contributed by atoms with E-state index >= 15 is 0 Å². The molecular formula is C17H31IN4S. The van der Waals surface area contributed by atoms with E-state index in [0.717, 1.165) is 19.5 Å². The van der Waals surface area contributed by atoms with E-state index < -0.39 is 0 Å². The van der Waals surface area contributed by atoms with E-state index in [9.17, 15) is 0 Å². The summed E-state index contributed by atoms with van der Waals surface area (Å²) < 4.78 is 0. The van der Waals surface area contributed by atoms with Gasteiger partial charge in [0.2, 0.25) is 0 Å². The Kier molecular flexibility index (Phi) is 10.9. The molecule has 1 aliphatic rings. The van der Waals surface area contributed by atoms with E-state index in [2.05, 4.69) is 39.6 Å². The largest absolute Gasteiger partial charge is 0.370 e. The van der Waals surface area contributed by atoms with Crippen molar-refractivity contribution < 1.29 is 0 Å². The molecule has 132 valence electrons. The molecule has 2 heterocycles. The van der Waals surface area contributed by atoms with Crippen molar-refractivity contribution in [2.24, 2.45) is 10.7 Å². The van der Waals surface area contributed by atoms with Gasteiger partial charge in [-0.25, -0.2) is 0 Å². The second kappa shape index (κ2) is 12.1. The molecule has 4 nitrogen and oxygen atoms in total. The third kappa shape index (κ3) is 7.85. The number of thiophene rings is 1. The van der Waals surface area contributed by atoms with Gasteiger partial charge in [-0.2, -0.15) is 0 Å². The summed E-state index contributed by atoms with van der Waals surface area (Å²) in [5, 5.41) is 5.35. The number of nitrogens with zero attached hydrogens (tertiary/aromatic N) is 2. The number of guanidine groups is 1. The minimum Gasteiger partial charge on any atom is -0.370 e. The van der Waals surface area contributed by atoms with Crippen LogP contribution in [0, 0.1) is 0 Å². The molecular weight excluding hydrogens is 419 g/mol. The fourth-order valence-corrected chi connectivity index (χ4v) is 3.66. The van der Waals surface area contributed by atoms with Crippen LogP contribution in [-0.4, -0.2) is 43.1 Å². The zero-order chi connectivity index (χ0) is 15.6. The Labute approximate surface area is 161 Å². The molecule has 0 spiro atoms. The second-order valence-corrected chi connectivity index (χ2v) is 7.05. The van der Waals surface area contributed by atoms with Gasteiger partial charge < -0.3 is 11.1 Å². The number of unbranched alkanes of at least 4 members (excludes halogenated alkanes) is 1. The summed E-state index contributed by atoms with van der Waals surface area (Å²) in [5.74, 6) is 0.595. The Balaban J connectivity index is 0.00000264. The lowest BCUT2D eigenvalue weighted by atomic mass is 10.0. The molecule has 0 aromatic carbocycles. The predicted octanol–water partition coefficient (Wildman–Crippen LogP) is 3.47. The van der Waals surface area contributed by atoms with Gasteiger partial charge in [-0.05, 0) is 50.2 Å². The summed E-state index contributed by atoms with van der Waals surface area (Å²) in [5.41, 5.74) is 6.00. The van der Waals surface area contributed by atoms with Crippen molar-refractivity contribution in [1.29, 1.82) is 0 Å². The molecule has 0 amide bonds. The summed E-state index contributed by atoms with van der Waals surface area (Å²) in [6, 6.07) is 4.83. The number of rotatable bonds is 8. The molecule has 1 aromatic heterocycles. The number of aliphatic imine (C=N–C) groups is 1. The molecule has 1 unspecified atom stereocenters. The number of hydrogen-bond donors (Lipinski definition) is 2. The number of halogens is 1. The third-order valence-electron chi connectivity index (χ3n) is 4.28. The zero-order valence-corrected chi connectivity index (χ0v) is 17.3. The standard InChI is InChI=1S/C17H30N4S.HI/c1-2-3-11-21-12-5-4-7-15(21)14-20-17(18)19-10-9-16-8-6-13-22-16;/h6,8,13,15H,2-5,7,9-12,14H2,1H3,(H3,18,19,20);1H. The van der Waals surface area contributed by atoms with Crippen LogP contribution >= 0.6 is 35.3 Å². The van der Waals surface area contributed by atoms with Crippen LogP contribution in [-0.2, 0) is 6.42 Å². The maximum Gasteiger partial charge on any atom is 0.188 e. The number of piperidine rings is 1. The van der Waals surface area contributed by atoms with E-state index in [0.29, 0.717) is 12.0 Å². The van der Waals surface area contributed by atoms with Gasteiger partial charge >= 0.3 is 0 Å². The van der Waals surface area contributed by atoms with E-state index in [1.807, 2.05) is 0 Å². The van der Waals surface area contributed by atoms with Crippen LogP contribution in [0.1, 0.15) is 43.9 Å². The minimum atomic E-state index is 0. The van der Waals surface area contributed by atoms with Crippen LogP contribution in [0.25, 0.3) is 0 Å². The second-order valence-electron chi connectivity index (χ2n) is 6.02. The Hall–Kier alpha value is -0.340. The molecule has 2 rings (SSSR count). The smallest absolute Gasteiger partial charge is 0.188 e. The highest BCUT2D eigenvalue weighted by Crippen LogP contribution is 2.17. The highest BCUT2D eigenvalue weighted by Gasteiger charge is 2.21. The molecule has 0 aliphatic carbocycles. The summed E-state index contributed by atoms with van der Waals surface area (Å²) in [6.07, 6.45) is 7.48. The van der Waals surface area contributed by atoms with Gasteiger partial charge in [0.1, 0.15) is 0 Å². The highest BCUT2D eigenvalue weighted by molar-refractivity contribution is 14.0. The van der Waals surface area contributed by atoms with Gasteiger partial charge in [0.25, 0.3) is 0 Å². The first-order valence-electron chi connectivity index (χ1n) is 8.60. The van der Waals surface area contributed by atoms with E-state index in [1.165, 1.54) is 50.1 Å². The first kappa shape index (κ1) is 20.7. The lowest BCUT2D eigenvalue weighted by Crippen LogP contribution is -2.43. The van der Waals surface area contributed by atoms with Crippen LogP contribution in [0.4, 0.5) is 0 Å². The van der Waals surface area contributed by atoms with Crippen molar-refractivity contribution in [1.82, 2.24) is 10.2 Å². The third-order valence-corrected chi connectivity index (χ3v) is 5.21. The first-order valence-corrected chi connectivity index (χ1v) is 9.47. The van der Waals surface area contributed by atoms with Gasteiger partial charge in [-0.1, -0.05) is 25.8 Å². The number of hydrogen-bond acceptors (Lipinski definition) is 3. The van der Waals surface area contributed by atoms with Gasteiger partial charge in [-0.3, -0.25) is 9.89 Å². The van der Waals surface area contributed by atoms with Gasteiger partial charge in [0, 0.05) is 17.5 Å². The lowest BCUT2D eigenvalue weighted by molar-refractivity contribution is 0.151. The Morgan fingerprint density at radius 2 is 2.35 bits per heavy atom. The predicted molar refractivity (Wildman–Crippen MR) is 112 cm³/mol. The monoisotopic (exact) mass is 450 g/mol. The summed E-state index contributed by atoms with van der Waals surface area (Å²) in [7, 11) is 0. The Morgan fingerprint density at radius 3 is 3.09 bits per heavy atom. The van der Waals surface area contributed by atoms with Crippen molar-refractivity contribution in [2.75, 3.05) is 26.2 Å². The molecule has 6 heteroatoms. The molecule has 1 aliphatic heterocycles. The number of likely N-dealkylation sites (tertiary alicyclic amines) is 1. The summed E-state index contributed by atoms with van der Waals surface area (Å²) in [6.45, 7) is 6.39. The molecule has 0 saturated carbocycles. The van der Waals surface area contributed by atoms with E-state index in [1.54, 1.807) is 11.3 Å². The Morgan fingerprint density at radius 1 is 1.48 bits per heavy atom. The van der Waals surface area contributed by atoms with Crippen molar-refractivity contribution >= 4 is 41.3 Å². The molecule has 1 aromatic rings. The molecule has 0 bridgehead atoms. The summed E-state index contributed by atoms with van der Waals surface area (Å²) >= 11 is 1.79. The van der Waals surface area contributed by atoms with Crippen molar-refractivity contribution in [3.63, 3.8) is 0 Å². The van der Waals surface area contributed by atoms with Gasteiger partial charge in [-0.15, -0.1) is 35.3 Å². The van der Waals surface area contributed by atoms with E-state index in [-0.39, 0.29) is 24.0 Å². The average molecular weight is 450 g/mol. The summed E-state index contributed by atoms with van der Waals surface area (Å²) in [4.78, 5) is 8.56. The van der Waals surface area contributed by atoms with Crippen LogP contribution in [0.5, 0.6) is 0 Å². The molecule has 1 atom stereocenters. The lowest BCUT2D eigenvalue weighted by Gasteiger charge is -2.34. The first-order chi connectivity index (χ1) is 10.8. The molecule has 0 radical (unpaired) electrons. The van der Waals surface area contributed by atoms with Crippen molar-refractivity contribution in [2.45, 2.75) is 51.5 Å². The van der Waals surface area contributed by atoms with Crippen LogP contribution in [0.3, 0.4) is 0 Å². The fourth-order valence-electron chi connectivity index (χ4n) is 2.95. The van der Waals surface area contributed by atoms with Crippen molar-refractivity contribution in [3.8, 4) is 0 Å². The molecule has 3 N–H and O–H groups in total. The maximum absolute atomic E-state index is 6.00. The quantitative estimate of drug-likeness (QED) is 0.362. The molecule has 1 saturated heterocycles. The number of nitrogens with one attached hydrogen (secondary N) is 1. The maximum atomic E-state index is 6.00. The van der Waals surface area contributed by atoms with Crippen LogP contribution in [0.2, 0.25) is 0 Å². The topological polar surface area (TPSA) is 53.6 Å². The van der Waals surface area contributed by atoms with Gasteiger partial charge in [0.05, 0.1) is 6.54 Å². The molecule has 1 fully saturated rings. The number of nitrogens with two attached hydrogens (primary N) is 1. The van der Waals surface area contributed by atoms with Crippen molar-refractivity contribution in [3.05, 3.63) is 22.4 Å². The highest BCUT2D eigenvalue weighted by atomic mass is 127. The normalized spacial score (nSPS) is 19.3. The fraction of sp³-hybridized carbons (Fsp3) is 0.706. The van der Waals surface area contributed by atoms with Crippen LogP contribution < -0.4 is 11.1 Å². The Bertz CT molecular complexity index is 436. The minimum absolute atomic E-state index is 0. The van der Waals surface area contributed by atoms with E-state index in [4.69, 9.17) is 5.73 Å².